The summed E-state index contributed by atoms with van der Waals surface area (Å²) in [7, 11) is -4.46. The topological polar surface area (TPSA) is 57.2 Å². The van der Waals surface area contributed by atoms with Crippen molar-refractivity contribution in [3.63, 3.8) is 0 Å². The largest absolute Gasteiger partial charge is 1.00 e. The van der Waals surface area contributed by atoms with Crippen LogP contribution >= 0.6 is 0 Å². The van der Waals surface area contributed by atoms with Crippen molar-refractivity contribution in [2.24, 2.45) is 0 Å². The minimum atomic E-state index is -4.46. The average molecular weight is 639 g/mol. The fourth-order valence-corrected chi connectivity index (χ4v) is 6.89. The van der Waals surface area contributed by atoms with Gasteiger partial charge < -0.3 is 4.55 Å². The summed E-state index contributed by atoms with van der Waals surface area (Å²) < 4.78 is 35.4. The van der Waals surface area contributed by atoms with E-state index in [0.717, 1.165) is 30.0 Å². The molecular weight excluding hydrogens is 576 g/mol. The molecule has 0 unspecified atom stereocenters. The normalized spacial score (nSPS) is 11.7. The number of benzene rings is 2. The van der Waals surface area contributed by atoms with Crippen LogP contribution in [0.4, 0.5) is 0 Å². The molecule has 2 aromatic rings. The van der Waals surface area contributed by atoms with Crippen molar-refractivity contribution >= 4 is 20.9 Å². The van der Waals surface area contributed by atoms with Gasteiger partial charge >= 0.3 is 51.4 Å². The maximum absolute atomic E-state index is 11.8. The van der Waals surface area contributed by atoms with Crippen LogP contribution in [0.15, 0.2) is 35.2 Å². The monoisotopic (exact) mass is 638 g/mol. The zero-order valence-corrected chi connectivity index (χ0v) is 32.3. The van der Waals surface area contributed by atoms with Crippen molar-refractivity contribution in [2.45, 2.75) is 186 Å². The van der Waals surface area contributed by atoms with Crippen molar-refractivity contribution in [1.82, 2.24) is 0 Å². The van der Waals surface area contributed by atoms with Gasteiger partial charge in [0, 0.05) is 0 Å². The van der Waals surface area contributed by atoms with E-state index in [9.17, 15) is 13.0 Å². The van der Waals surface area contributed by atoms with Crippen molar-refractivity contribution in [3.8, 4) is 0 Å². The predicted molar refractivity (Wildman–Crippen MR) is 181 cm³/mol. The van der Waals surface area contributed by atoms with Crippen molar-refractivity contribution in [3.05, 3.63) is 41.5 Å². The molecule has 0 spiro atoms. The SMILES string of the molecule is CCCCCCCCCCCCCCc1ccc2ccc(S(=O)(=O)[O-])cc2c1CCCCCCCCCCCCCC.[K+]. The summed E-state index contributed by atoms with van der Waals surface area (Å²) in [6, 6.07) is 9.27. The first-order valence-corrected chi connectivity index (χ1v) is 19.4. The molecule has 3 nitrogen and oxygen atoms in total. The summed E-state index contributed by atoms with van der Waals surface area (Å²) in [6.45, 7) is 4.55. The molecule has 2 aromatic carbocycles. The van der Waals surface area contributed by atoms with Gasteiger partial charge in [-0.05, 0) is 59.7 Å². The minimum Gasteiger partial charge on any atom is -0.744 e. The van der Waals surface area contributed by atoms with E-state index in [4.69, 9.17) is 0 Å². The molecule has 0 aliphatic carbocycles. The van der Waals surface area contributed by atoms with Gasteiger partial charge in [-0.2, -0.15) is 0 Å². The molecule has 2 rings (SSSR count). The molecule has 240 valence electrons. The summed E-state index contributed by atoms with van der Waals surface area (Å²) in [5.41, 5.74) is 2.62. The molecule has 5 heteroatoms. The van der Waals surface area contributed by atoms with Crippen LogP contribution in [0, 0.1) is 0 Å². The molecule has 0 saturated heterocycles. The fourth-order valence-electron chi connectivity index (χ4n) is 6.39. The molecule has 0 aliphatic heterocycles. The Morgan fingerprint density at radius 1 is 0.512 bits per heavy atom. The van der Waals surface area contributed by atoms with Gasteiger partial charge in [-0.1, -0.05) is 173 Å². The van der Waals surface area contributed by atoms with E-state index in [0.29, 0.717) is 0 Å². The van der Waals surface area contributed by atoms with Crippen LogP contribution in [0.25, 0.3) is 10.8 Å². The summed E-state index contributed by atoms with van der Waals surface area (Å²) in [6.07, 6.45) is 34.0. The third kappa shape index (κ3) is 18.9. The molecule has 0 radical (unpaired) electrons. The van der Waals surface area contributed by atoms with Gasteiger partial charge in [-0.3, -0.25) is 0 Å². The standard InChI is InChI=1S/C38H64O3S.K/c1-3-5-7-9-11-13-15-17-19-21-23-25-27-34-29-30-35-31-32-36(42(39,40)41)33-38(35)37(34)28-26-24-22-20-18-16-14-12-10-8-6-4-2;/h29-33H,3-28H2,1-2H3,(H,39,40,41);/q;+1/p-1. The van der Waals surface area contributed by atoms with Crippen molar-refractivity contribution < 1.29 is 64.4 Å². The van der Waals surface area contributed by atoms with Crippen LogP contribution in [0.2, 0.25) is 0 Å². The quantitative estimate of drug-likeness (QED) is 0.0557. The van der Waals surface area contributed by atoms with Crippen molar-refractivity contribution in [1.29, 1.82) is 0 Å². The molecule has 0 bridgehead atoms. The summed E-state index contributed by atoms with van der Waals surface area (Å²) in [5.74, 6) is 0. The Labute approximate surface area is 309 Å². The number of unbranched alkanes of at least 4 members (excludes halogenated alkanes) is 22. The van der Waals surface area contributed by atoms with E-state index >= 15 is 0 Å². The van der Waals surface area contributed by atoms with Crippen molar-refractivity contribution in [2.75, 3.05) is 0 Å². The number of aryl methyl sites for hydroxylation is 2. The van der Waals surface area contributed by atoms with Gasteiger partial charge in [0.2, 0.25) is 0 Å². The Balaban J connectivity index is 0.00000924. The molecule has 0 heterocycles. The number of hydrogen-bond donors (Lipinski definition) is 0. The van der Waals surface area contributed by atoms with Crippen LogP contribution < -0.4 is 51.4 Å². The van der Waals surface area contributed by atoms with E-state index in [-0.39, 0.29) is 56.3 Å². The first-order chi connectivity index (χ1) is 20.5. The van der Waals surface area contributed by atoms with Gasteiger partial charge in [0.25, 0.3) is 0 Å². The van der Waals surface area contributed by atoms with E-state index in [1.54, 1.807) is 12.1 Å². The maximum Gasteiger partial charge on any atom is 1.00 e. The zero-order chi connectivity index (χ0) is 30.3. The molecule has 0 N–H and O–H groups in total. The number of hydrogen-bond acceptors (Lipinski definition) is 3. The molecule has 0 fully saturated rings. The predicted octanol–water partition coefficient (Wildman–Crippen LogP) is 9.24. The molecule has 0 saturated carbocycles. The van der Waals surface area contributed by atoms with E-state index in [1.807, 2.05) is 0 Å². The fraction of sp³-hybridized carbons (Fsp3) is 0.737. The Morgan fingerprint density at radius 3 is 1.30 bits per heavy atom. The van der Waals surface area contributed by atoms with Gasteiger partial charge in [0.1, 0.15) is 10.1 Å². The molecular formula is C38H63KO3S. The first kappa shape index (κ1) is 41.3. The second-order valence-corrected chi connectivity index (χ2v) is 14.2. The molecule has 0 aromatic heterocycles. The Bertz CT molecular complexity index is 1070. The Hall–Kier alpha value is 0.246. The van der Waals surface area contributed by atoms with Gasteiger partial charge in [-0.15, -0.1) is 0 Å². The summed E-state index contributed by atoms with van der Waals surface area (Å²) in [5, 5.41) is 2.00. The number of rotatable bonds is 27. The van der Waals surface area contributed by atoms with Crippen LogP contribution in [-0.4, -0.2) is 13.0 Å². The minimum absolute atomic E-state index is 0. The third-order valence-corrected chi connectivity index (χ3v) is 9.90. The molecule has 0 atom stereocenters. The Morgan fingerprint density at radius 2 is 0.884 bits per heavy atom. The average Bonchev–Trinajstić information content (AvgIpc) is 2.98. The second kappa shape index (κ2) is 26.3. The molecule has 0 amide bonds. The van der Waals surface area contributed by atoms with E-state index < -0.39 is 10.1 Å². The maximum atomic E-state index is 11.8. The van der Waals surface area contributed by atoms with E-state index in [1.165, 1.54) is 165 Å². The van der Waals surface area contributed by atoms with Crippen LogP contribution in [0.1, 0.15) is 179 Å². The number of fused-ring (bicyclic) bond motifs is 1. The summed E-state index contributed by atoms with van der Waals surface area (Å²) in [4.78, 5) is -0.103. The third-order valence-electron chi connectivity index (χ3n) is 9.07. The molecule has 0 aliphatic rings. The Kier molecular flexibility index (Phi) is 25.3. The van der Waals surface area contributed by atoms with Gasteiger partial charge in [-0.25, -0.2) is 8.42 Å². The van der Waals surface area contributed by atoms with Gasteiger partial charge in [0.05, 0.1) is 4.90 Å². The summed E-state index contributed by atoms with van der Waals surface area (Å²) >= 11 is 0. The zero-order valence-electron chi connectivity index (χ0n) is 28.4. The molecule has 43 heavy (non-hydrogen) atoms. The first-order valence-electron chi connectivity index (χ1n) is 18.0. The van der Waals surface area contributed by atoms with E-state index in [2.05, 4.69) is 26.0 Å². The van der Waals surface area contributed by atoms with Crippen LogP contribution in [0.5, 0.6) is 0 Å². The van der Waals surface area contributed by atoms with Gasteiger partial charge in [0.15, 0.2) is 0 Å². The second-order valence-electron chi connectivity index (χ2n) is 12.8. The smallest absolute Gasteiger partial charge is 0.744 e. The van der Waals surface area contributed by atoms with Crippen LogP contribution in [-0.2, 0) is 23.0 Å². The van der Waals surface area contributed by atoms with Crippen LogP contribution in [0.3, 0.4) is 0 Å².